The molecule has 0 aromatic carbocycles. The van der Waals surface area contributed by atoms with Gasteiger partial charge in [-0.25, -0.2) is 0 Å². The van der Waals surface area contributed by atoms with Gasteiger partial charge in [0.05, 0.1) is 10.0 Å². The van der Waals surface area contributed by atoms with Crippen molar-refractivity contribution in [2.45, 2.75) is 19.8 Å². The standard InChI is InChI=1S/C8H9Cl2N/c1-2-3-6-7(9)4-11-5-8(6)10/h4-5H,2-3H2,1H3. The van der Waals surface area contributed by atoms with Gasteiger partial charge in [-0.3, -0.25) is 4.98 Å². The van der Waals surface area contributed by atoms with Gasteiger partial charge in [-0.2, -0.15) is 0 Å². The molecule has 1 heterocycles. The van der Waals surface area contributed by atoms with Crippen LogP contribution in [-0.4, -0.2) is 4.98 Å². The maximum absolute atomic E-state index is 5.86. The number of nitrogens with zero attached hydrogens (tertiary/aromatic N) is 1. The van der Waals surface area contributed by atoms with E-state index in [9.17, 15) is 0 Å². The van der Waals surface area contributed by atoms with E-state index in [2.05, 4.69) is 11.9 Å². The minimum Gasteiger partial charge on any atom is -0.262 e. The van der Waals surface area contributed by atoms with Gasteiger partial charge in [-0.15, -0.1) is 0 Å². The summed E-state index contributed by atoms with van der Waals surface area (Å²) in [6, 6.07) is 0. The predicted octanol–water partition coefficient (Wildman–Crippen LogP) is 3.34. The van der Waals surface area contributed by atoms with Gasteiger partial charge in [0, 0.05) is 12.4 Å². The Bertz CT molecular complexity index is 228. The van der Waals surface area contributed by atoms with Crippen LogP contribution in [0, 0.1) is 0 Å². The predicted molar refractivity (Wildman–Crippen MR) is 48.3 cm³/mol. The molecular formula is C8H9Cl2N. The van der Waals surface area contributed by atoms with E-state index in [1.165, 1.54) is 0 Å². The number of hydrogen-bond acceptors (Lipinski definition) is 1. The molecule has 0 saturated heterocycles. The zero-order valence-corrected chi connectivity index (χ0v) is 7.78. The summed E-state index contributed by atoms with van der Waals surface area (Å²) in [6.45, 7) is 2.09. The zero-order chi connectivity index (χ0) is 8.27. The van der Waals surface area contributed by atoms with E-state index in [-0.39, 0.29) is 0 Å². The Morgan fingerprint density at radius 3 is 2.27 bits per heavy atom. The van der Waals surface area contributed by atoms with Gasteiger partial charge in [-0.05, 0) is 12.0 Å². The van der Waals surface area contributed by atoms with Crippen LogP contribution in [0.1, 0.15) is 18.9 Å². The highest BCUT2D eigenvalue weighted by Crippen LogP contribution is 2.23. The van der Waals surface area contributed by atoms with E-state index in [1.54, 1.807) is 12.4 Å². The number of pyridine rings is 1. The van der Waals surface area contributed by atoms with Crippen molar-refractivity contribution in [3.63, 3.8) is 0 Å². The van der Waals surface area contributed by atoms with Crippen LogP contribution in [0.2, 0.25) is 10.0 Å². The summed E-state index contributed by atoms with van der Waals surface area (Å²) in [6.07, 6.45) is 5.21. The zero-order valence-electron chi connectivity index (χ0n) is 6.27. The molecule has 60 valence electrons. The van der Waals surface area contributed by atoms with Crippen molar-refractivity contribution in [2.75, 3.05) is 0 Å². The van der Waals surface area contributed by atoms with Gasteiger partial charge >= 0.3 is 0 Å². The van der Waals surface area contributed by atoms with Crippen molar-refractivity contribution in [3.8, 4) is 0 Å². The molecule has 0 atom stereocenters. The van der Waals surface area contributed by atoms with Crippen molar-refractivity contribution in [2.24, 2.45) is 0 Å². The Hall–Kier alpha value is -0.270. The first-order valence-electron chi connectivity index (χ1n) is 3.53. The van der Waals surface area contributed by atoms with Crippen LogP contribution in [0.25, 0.3) is 0 Å². The van der Waals surface area contributed by atoms with Crippen molar-refractivity contribution in [1.29, 1.82) is 0 Å². The summed E-state index contributed by atoms with van der Waals surface area (Å²) in [5, 5.41) is 1.33. The van der Waals surface area contributed by atoms with Crippen LogP contribution < -0.4 is 0 Å². The smallest absolute Gasteiger partial charge is 0.0636 e. The Labute approximate surface area is 76.4 Å². The second-order valence-corrected chi connectivity index (χ2v) is 3.15. The molecule has 0 aliphatic carbocycles. The van der Waals surface area contributed by atoms with Gasteiger partial charge < -0.3 is 0 Å². The third-order valence-corrected chi connectivity index (χ3v) is 2.10. The molecule has 1 aromatic rings. The third kappa shape index (κ3) is 2.08. The molecule has 1 nitrogen and oxygen atoms in total. The molecule has 0 saturated carbocycles. The quantitative estimate of drug-likeness (QED) is 0.696. The lowest BCUT2D eigenvalue weighted by molar-refractivity contribution is 0.918. The molecule has 0 spiro atoms. The monoisotopic (exact) mass is 189 g/mol. The topological polar surface area (TPSA) is 12.9 Å². The summed E-state index contributed by atoms with van der Waals surface area (Å²) < 4.78 is 0. The Morgan fingerprint density at radius 2 is 1.82 bits per heavy atom. The molecule has 0 N–H and O–H groups in total. The van der Waals surface area contributed by atoms with Gasteiger partial charge in [0.15, 0.2) is 0 Å². The van der Waals surface area contributed by atoms with Gasteiger partial charge in [0.25, 0.3) is 0 Å². The minimum atomic E-state index is 0.666. The fourth-order valence-corrected chi connectivity index (χ4v) is 1.48. The molecule has 0 aliphatic rings. The highest BCUT2D eigenvalue weighted by atomic mass is 35.5. The number of rotatable bonds is 2. The number of hydrogen-bond donors (Lipinski definition) is 0. The number of halogens is 2. The first kappa shape index (κ1) is 8.82. The first-order valence-corrected chi connectivity index (χ1v) is 4.29. The third-order valence-electron chi connectivity index (χ3n) is 1.45. The van der Waals surface area contributed by atoms with Crippen LogP contribution in [0.5, 0.6) is 0 Å². The normalized spacial score (nSPS) is 10.1. The molecule has 1 rings (SSSR count). The second-order valence-electron chi connectivity index (χ2n) is 2.33. The van der Waals surface area contributed by atoms with Crippen molar-refractivity contribution >= 4 is 23.2 Å². The Morgan fingerprint density at radius 1 is 1.27 bits per heavy atom. The van der Waals surface area contributed by atoms with E-state index < -0.39 is 0 Å². The Kier molecular flexibility index (Phi) is 3.16. The summed E-state index contributed by atoms with van der Waals surface area (Å²) in [5.74, 6) is 0. The maximum Gasteiger partial charge on any atom is 0.0636 e. The average Bonchev–Trinajstić information content (AvgIpc) is 1.97. The molecule has 0 aliphatic heterocycles. The van der Waals surface area contributed by atoms with Crippen LogP contribution in [0.15, 0.2) is 12.4 Å². The summed E-state index contributed by atoms with van der Waals surface area (Å²) in [5.41, 5.74) is 1.01. The van der Waals surface area contributed by atoms with Crippen molar-refractivity contribution in [3.05, 3.63) is 28.0 Å². The van der Waals surface area contributed by atoms with Crippen LogP contribution >= 0.6 is 23.2 Å². The molecule has 3 heteroatoms. The molecule has 0 amide bonds. The highest BCUT2D eigenvalue weighted by Gasteiger charge is 2.03. The molecule has 11 heavy (non-hydrogen) atoms. The molecule has 0 radical (unpaired) electrons. The van der Waals surface area contributed by atoms with Gasteiger partial charge in [-0.1, -0.05) is 36.5 Å². The van der Waals surface area contributed by atoms with E-state index in [4.69, 9.17) is 23.2 Å². The second kappa shape index (κ2) is 3.93. The number of aromatic nitrogens is 1. The fraction of sp³-hybridized carbons (Fsp3) is 0.375. The SMILES string of the molecule is CCCc1c(Cl)cncc1Cl. The minimum absolute atomic E-state index is 0.666. The summed E-state index contributed by atoms with van der Waals surface area (Å²) >= 11 is 11.7. The van der Waals surface area contributed by atoms with E-state index in [0.29, 0.717) is 10.0 Å². The highest BCUT2D eigenvalue weighted by molar-refractivity contribution is 6.35. The largest absolute Gasteiger partial charge is 0.262 e. The molecular weight excluding hydrogens is 181 g/mol. The average molecular weight is 190 g/mol. The van der Waals surface area contributed by atoms with E-state index in [1.807, 2.05) is 0 Å². The first-order chi connectivity index (χ1) is 5.25. The van der Waals surface area contributed by atoms with Crippen LogP contribution in [0.3, 0.4) is 0 Å². The lowest BCUT2D eigenvalue weighted by atomic mass is 10.1. The fourth-order valence-electron chi connectivity index (χ4n) is 0.927. The summed E-state index contributed by atoms with van der Waals surface area (Å²) in [4.78, 5) is 3.86. The Balaban J connectivity index is 3.00. The summed E-state index contributed by atoms with van der Waals surface area (Å²) in [7, 11) is 0. The van der Waals surface area contributed by atoms with Crippen LogP contribution in [-0.2, 0) is 6.42 Å². The lowest BCUT2D eigenvalue weighted by Gasteiger charge is -2.02. The van der Waals surface area contributed by atoms with Gasteiger partial charge in [0.1, 0.15) is 0 Å². The maximum atomic E-state index is 5.86. The molecule has 1 aromatic heterocycles. The van der Waals surface area contributed by atoms with Crippen LogP contribution in [0.4, 0.5) is 0 Å². The lowest BCUT2D eigenvalue weighted by Crippen LogP contribution is -1.87. The molecule has 0 bridgehead atoms. The molecule has 0 unspecified atom stereocenters. The molecule has 0 fully saturated rings. The van der Waals surface area contributed by atoms with Crippen molar-refractivity contribution in [1.82, 2.24) is 4.98 Å². The van der Waals surface area contributed by atoms with Crippen molar-refractivity contribution < 1.29 is 0 Å². The van der Waals surface area contributed by atoms with E-state index >= 15 is 0 Å². The van der Waals surface area contributed by atoms with Gasteiger partial charge in [0.2, 0.25) is 0 Å². The van der Waals surface area contributed by atoms with E-state index in [0.717, 1.165) is 18.4 Å².